The first kappa shape index (κ1) is 16.1. The first-order valence-electron chi connectivity index (χ1n) is 6.99. The van der Waals surface area contributed by atoms with E-state index in [0.717, 1.165) is 29.9 Å². The van der Waals surface area contributed by atoms with Crippen LogP contribution in [0.25, 0.3) is 0 Å². The van der Waals surface area contributed by atoms with Gasteiger partial charge in [-0.3, -0.25) is 0 Å². The van der Waals surface area contributed by atoms with Crippen molar-refractivity contribution in [2.75, 3.05) is 11.9 Å². The molecule has 0 amide bonds. The first-order valence-corrected chi connectivity index (χ1v) is 7.74. The SMILES string of the molecule is Cc1cc(C(C)C)nc(NCCc2ccc(Cl)cc2Cl)n1. The van der Waals surface area contributed by atoms with E-state index in [1.165, 1.54) is 0 Å². The highest BCUT2D eigenvalue weighted by Crippen LogP contribution is 2.21. The van der Waals surface area contributed by atoms with Gasteiger partial charge >= 0.3 is 0 Å². The molecule has 0 spiro atoms. The van der Waals surface area contributed by atoms with Gasteiger partial charge in [0, 0.05) is 28.0 Å². The number of hydrogen-bond acceptors (Lipinski definition) is 3. The number of nitrogens with one attached hydrogen (secondary N) is 1. The summed E-state index contributed by atoms with van der Waals surface area (Å²) >= 11 is 12.1. The number of benzene rings is 1. The minimum atomic E-state index is 0.387. The quantitative estimate of drug-likeness (QED) is 0.852. The Kier molecular flexibility index (Phi) is 5.43. The summed E-state index contributed by atoms with van der Waals surface area (Å²) in [5, 5.41) is 4.60. The molecule has 0 fully saturated rings. The highest BCUT2D eigenvalue weighted by atomic mass is 35.5. The standard InChI is InChI=1S/C16H19Cl2N3/c1-10(2)15-8-11(3)20-16(21-15)19-7-6-12-4-5-13(17)9-14(12)18/h4-5,8-10H,6-7H2,1-3H3,(H,19,20,21). The Hall–Kier alpha value is -1.32. The maximum Gasteiger partial charge on any atom is 0.223 e. The summed E-state index contributed by atoms with van der Waals surface area (Å²) in [6.45, 7) is 6.95. The van der Waals surface area contributed by atoms with Crippen LogP contribution in [0.15, 0.2) is 24.3 Å². The number of halogens is 2. The molecule has 0 atom stereocenters. The number of nitrogens with zero attached hydrogens (tertiary/aromatic N) is 2. The largest absolute Gasteiger partial charge is 0.354 e. The summed E-state index contributed by atoms with van der Waals surface area (Å²) in [5.74, 6) is 1.06. The zero-order chi connectivity index (χ0) is 15.4. The molecule has 1 N–H and O–H groups in total. The Morgan fingerprint density at radius 1 is 1.14 bits per heavy atom. The van der Waals surface area contributed by atoms with Gasteiger partial charge in [-0.05, 0) is 43.0 Å². The second kappa shape index (κ2) is 7.10. The average Bonchev–Trinajstić information content (AvgIpc) is 2.40. The third-order valence-corrected chi connectivity index (χ3v) is 3.75. The molecule has 0 unspecified atom stereocenters. The molecule has 0 saturated heterocycles. The summed E-state index contributed by atoms with van der Waals surface area (Å²) in [7, 11) is 0. The Balaban J connectivity index is 2.00. The van der Waals surface area contributed by atoms with Crippen molar-refractivity contribution in [3.63, 3.8) is 0 Å². The van der Waals surface area contributed by atoms with E-state index in [1.807, 2.05) is 25.1 Å². The summed E-state index contributed by atoms with van der Waals surface area (Å²) in [6.07, 6.45) is 0.796. The van der Waals surface area contributed by atoms with Crippen LogP contribution in [0.5, 0.6) is 0 Å². The fourth-order valence-corrected chi connectivity index (χ4v) is 2.50. The van der Waals surface area contributed by atoms with Gasteiger partial charge in [0.05, 0.1) is 0 Å². The lowest BCUT2D eigenvalue weighted by atomic mass is 10.1. The highest BCUT2D eigenvalue weighted by molar-refractivity contribution is 6.35. The Morgan fingerprint density at radius 2 is 1.90 bits per heavy atom. The van der Waals surface area contributed by atoms with Crippen molar-refractivity contribution in [2.45, 2.75) is 33.1 Å². The van der Waals surface area contributed by atoms with Gasteiger partial charge in [0.15, 0.2) is 0 Å². The number of rotatable bonds is 5. The van der Waals surface area contributed by atoms with Gasteiger partial charge in [-0.2, -0.15) is 0 Å². The number of hydrogen-bond donors (Lipinski definition) is 1. The molecule has 5 heteroatoms. The van der Waals surface area contributed by atoms with Gasteiger partial charge in [-0.1, -0.05) is 43.1 Å². The van der Waals surface area contributed by atoms with Crippen LogP contribution >= 0.6 is 23.2 Å². The molecule has 1 heterocycles. The van der Waals surface area contributed by atoms with Crippen LogP contribution in [0.1, 0.15) is 36.7 Å². The van der Waals surface area contributed by atoms with E-state index in [-0.39, 0.29) is 0 Å². The van der Waals surface area contributed by atoms with E-state index in [1.54, 1.807) is 6.07 Å². The molecule has 0 aliphatic rings. The molecule has 1 aromatic heterocycles. The van der Waals surface area contributed by atoms with Gasteiger partial charge < -0.3 is 5.32 Å². The van der Waals surface area contributed by atoms with Crippen LogP contribution in [0.2, 0.25) is 10.0 Å². The summed E-state index contributed by atoms with van der Waals surface area (Å²) < 4.78 is 0. The Bertz CT molecular complexity index is 627. The molecule has 3 nitrogen and oxygen atoms in total. The lowest BCUT2D eigenvalue weighted by molar-refractivity contribution is 0.807. The fraction of sp³-hybridized carbons (Fsp3) is 0.375. The zero-order valence-corrected chi connectivity index (χ0v) is 14.0. The minimum Gasteiger partial charge on any atom is -0.354 e. The van der Waals surface area contributed by atoms with E-state index in [0.29, 0.717) is 21.9 Å². The number of anilines is 1. The maximum atomic E-state index is 6.16. The minimum absolute atomic E-state index is 0.387. The molecule has 0 bridgehead atoms. The van der Waals surface area contributed by atoms with Gasteiger partial charge in [-0.25, -0.2) is 9.97 Å². The van der Waals surface area contributed by atoms with E-state index in [4.69, 9.17) is 23.2 Å². The van der Waals surface area contributed by atoms with E-state index >= 15 is 0 Å². The molecule has 1 aromatic carbocycles. The molecule has 21 heavy (non-hydrogen) atoms. The topological polar surface area (TPSA) is 37.8 Å². The number of aryl methyl sites for hydroxylation is 1. The molecule has 0 aliphatic carbocycles. The van der Waals surface area contributed by atoms with Crippen molar-refractivity contribution in [1.82, 2.24) is 9.97 Å². The average molecular weight is 324 g/mol. The third-order valence-electron chi connectivity index (χ3n) is 3.16. The van der Waals surface area contributed by atoms with Crippen LogP contribution in [0.4, 0.5) is 5.95 Å². The molecule has 2 aromatic rings. The lowest BCUT2D eigenvalue weighted by Gasteiger charge is -2.10. The normalized spacial score (nSPS) is 11.0. The molecule has 2 rings (SSSR count). The van der Waals surface area contributed by atoms with Gasteiger partial charge in [-0.15, -0.1) is 0 Å². The van der Waals surface area contributed by atoms with Crippen LogP contribution in [-0.4, -0.2) is 16.5 Å². The molecule has 0 aliphatic heterocycles. The summed E-state index contributed by atoms with van der Waals surface area (Å²) in [4.78, 5) is 8.93. The van der Waals surface area contributed by atoms with Gasteiger partial charge in [0.25, 0.3) is 0 Å². The van der Waals surface area contributed by atoms with Crippen LogP contribution < -0.4 is 5.32 Å². The Labute approximate surface area is 135 Å². The molecule has 112 valence electrons. The molecule has 0 saturated carbocycles. The second-order valence-electron chi connectivity index (χ2n) is 5.33. The van der Waals surface area contributed by atoms with Gasteiger partial charge in [0.1, 0.15) is 0 Å². The van der Waals surface area contributed by atoms with Gasteiger partial charge in [0.2, 0.25) is 5.95 Å². The molecular weight excluding hydrogens is 305 g/mol. The molecular formula is C16H19Cl2N3. The lowest BCUT2D eigenvalue weighted by Crippen LogP contribution is -2.10. The van der Waals surface area contributed by atoms with E-state index in [9.17, 15) is 0 Å². The Morgan fingerprint density at radius 3 is 2.57 bits per heavy atom. The first-order chi connectivity index (χ1) is 9.95. The highest BCUT2D eigenvalue weighted by Gasteiger charge is 2.06. The van der Waals surface area contributed by atoms with Crippen molar-refractivity contribution in [3.8, 4) is 0 Å². The fourth-order valence-electron chi connectivity index (χ4n) is 2.00. The van der Waals surface area contributed by atoms with Crippen molar-refractivity contribution in [2.24, 2.45) is 0 Å². The second-order valence-corrected chi connectivity index (χ2v) is 6.17. The van der Waals surface area contributed by atoms with Crippen LogP contribution in [0, 0.1) is 6.92 Å². The van der Waals surface area contributed by atoms with Crippen molar-refractivity contribution < 1.29 is 0 Å². The predicted octanol–water partition coefficient (Wildman–Crippen LogP) is 4.87. The smallest absolute Gasteiger partial charge is 0.223 e. The van der Waals surface area contributed by atoms with Crippen molar-refractivity contribution >= 4 is 29.2 Å². The third kappa shape index (κ3) is 4.58. The predicted molar refractivity (Wildman–Crippen MR) is 89.5 cm³/mol. The zero-order valence-electron chi connectivity index (χ0n) is 12.5. The summed E-state index contributed by atoms with van der Waals surface area (Å²) in [5.41, 5.74) is 3.08. The van der Waals surface area contributed by atoms with Crippen LogP contribution in [0.3, 0.4) is 0 Å². The van der Waals surface area contributed by atoms with E-state index < -0.39 is 0 Å². The van der Waals surface area contributed by atoms with Crippen LogP contribution in [-0.2, 0) is 6.42 Å². The number of aromatic nitrogens is 2. The molecule has 0 radical (unpaired) electrons. The summed E-state index contributed by atoms with van der Waals surface area (Å²) in [6, 6.07) is 7.58. The van der Waals surface area contributed by atoms with E-state index in [2.05, 4.69) is 29.1 Å². The van der Waals surface area contributed by atoms with Crippen molar-refractivity contribution in [1.29, 1.82) is 0 Å². The maximum absolute atomic E-state index is 6.16. The monoisotopic (exact) mass is 323 g/mol. The van der Waals surface area contributed by atoms with Crippen molar-refractivity contribution in [3.05, 3.63) is 51.3 Å².